The summed E-state index contributed by atoms with van der Waals surface area (Å²) in [5, 5.41) is 9.26. The Hall–Kier alpha value is -1.72. The van der Waals surface area contributed by atoms with Crippen molar-refractivity contribution in [3.05, 3.63) is 35.1 Å². The Labute approximate surface area is 95.9 Å². The van der Waals surface area contributed by atoms with E-state index in [1.807, 2.05) is 0 Å². The van der Waals surface area contributed by atoms with Crippen LogP contribution in [0.1, 0.15) is 11.7 Å². The van der Waals surface area contributed by atoms with E-state index in [4.69, 9.17) is 22.4 Å². The van der Waals surface area contributed by atoms with Gasteiger partial charge in [-0.15, -0.1) is 0 Å². The molecule has 3 N–H and O–H groups in total. The average molecular weight is 238 g/mol. The molecule has 1 heterocycles. The minimum Gasteiger partial charge on any atom is -0.480 e. The molecule has 1 aromatic heterocycles. The van der Waals surface area contributed by atoms with Gasteiger partial charge in [-0.25, -0.2) is 4.98 Å². The van der Waals surface area contributed by atoms with Crippen molar-refractivity contribution in [3.8, 4) is 0 Å². The number of nitrogens with zero attached hydrogens (tertiary/aromatic N) is 2. The molecule has 0 aliphatic carbocycles. The third-order valence-corrected chi connectivity index (χ3v) is 2.34. The molecule has 1 aromatic carbocycles. The fourth-order valence-corrected chi connectivity index (χ4v) is 1.44. The maximum Gasteiger partial charge on any atom is 0.326 e. The first-order chi connectivity index (χ1) is 7.58. The highest BCUT2D eigenvalue weighted by atomic mass is 35.5. The summed E-state index contributed by atoms with van der Waals surface area (Å²) in [6, 6.07) is 3.84. The number of benzene rings is 1. The zero-order valence-corrected chi connectivity index (χ0v) is 8.85. The summed E-state index contributed by atoms with van der Waals surface area (Å²) in [5.41, 5.74) is 6.82. The van der Waals surface area contributed by atoms with E-state index in [-0.39, 0.29) is 5.69 Å². The first-order valence-electron chi connectivity index (χ1n) is 4.48. The van der Waals surface area contributed by atoms with Crippen molar-refractivity contribution in [2.75, 3.05) is 0 Å². The van der Waals surface area contributed by atoms with Gasteiger partial charge in [0.05, 0.1) is 22.9 Å². The summed E-state index contributed by atoms with van der Waals surface area (Å²) in [7, 11) is 0. The minimum absolute atomic E-state index is 0.210. The molecule has 0 fully saturated rings. The van der Waals surface area contributed by atoms with Crippen molar-refractivity contribution < 1.29 is 9.90 Å². The summed E-state index contributed by atoms with van der Waals surface area (Å²) < 4.78 is 0. The largest absolute Gasteiger partial charge is 0.480 e. The topological polar surface area (TPSA) is 89.1 Å². The van der Waals surface area contributed by atoms with E-state index in [0.29, 0.717) is 16.1 Å². The Morgan fingerprint density at radius 2 is 2.19 bits per heavy atom. The lowest BCUT2D eigenvalue weighted by atomic mass is 10.2. The highest BCUT2D eigenvalue weighted by Crippen LogP contribution is 2.17. The van der Waals surface area contributed by atoms with Gasteiger partial charge in [0.2, 0.25) is 0 Å². The Balaban J connectivity index is 2.54. The van der Waals surface area contributed by atoms with Crippen molar-refractivity contribution in [2.24, 2.45) is 5.73 Å². The number of carboxylic acids is 1. The van der Waals surface area contributed by atoms with E-state index in [2.05, 4.69) is 9.97 Å². The molecule has 0 aliphatic rings. The van der Waals surface area contributed by atoms with E-state index in [1.165, 1.54) is 6.20 Å². The number of hydrogen-bond acceptors (Lipinski definition) is 4. The predicted octanol–water partition coefficient (Wildman–Crippen LogP) is 1.37. The van der Waals surface area contributed by atoms with Crippen LogP contribution in [0.5, 0.6) is 0 Å². The van der Waals surface area contributed by atoms with Crippen LogP contribution in [0.15, 0.2) is 24.4 Å². The monoisotopic (exact) mass is 237 g/mol. The molecule has 6 heteroatoms. The molecular weight excluding hydrogens is 230 g/mol. The fraction of sp³-hybridized carbons (Fsp3) is 0.100. The number of aromatic nitrogens is 2. The highest BCUT2D eigenvalue weighted by Gasteiger charge is 2.16. The van der Waals surface area contributed by atoms with E-state index in [9.17, 15) is 4.79 Å². The predicted molar refractivity (Wildman–Crippen MR) is 59.1 cm³/mol. The second-order valence-electron chi connectivity index (χ2n) is 3.24. The molecule has 0 aliphatic heterocycles. The number of hydrogen-bond donors (Lipinski definition) is 2. The van der Waals surface area contributed by atoms with Crippen molar-refractivity contribution in [2.45, 2.75) is 6.04 Å². The van der Waals surface area contributed by atoms with Crippen molar-refractivity contribution in [1.82, 2.24) is 9.97 Å². The summed E-state index contributed by atoms with van der Waals surface area (Å²) in [6.45, 7) is 0. The normalized spacial score (nSPS) is 12.6. The summed E-state index contributed by atoms with van der Waals surface area (Å²) in [6.07, 6.45) is 1.36. The molecule has 1 unspecified atom stereocenters. The summed E-state index contributed by atoms with van der Waals surface area (Å²) >= 11 is 5.80. The molecule has 0 saturated carbocycles. The first-order valence-corrected chi connectivity index (χ1v) is 4.86. The Morgan fingerprint density at radius 3 is 2.88 bits per heavy atom. The van der Waals surface area contributed by atoms with Gasteiger partial charge < -0.3 is 10.8 Å². The Bertz CT molecular complexity index is 559. The number of aliphatic carboxylic acids is 1. The van der Waals surface area contributed by atoms with Gasteiger partial charge in [0.1, 0.15) is 6.04 Å². The molecule has 1 atom stereocenters. The van der Waals surface area contributed by atoms with Gasteiger partial charge in [0.15, 0.2) is 0 Å². The molecule has 82 valence electrons. The number of carbonyl (C=O) groups is 1. The molecule has 0 bridgehead atoms. The smallest absolute Gasteiger partial charge is 0.326 e. The van der Waals surface area contributed by atoms with Crippen LogP contribution in [-0.4, -0.2) is 21.0 Å². The van der Waals surface area contributed by atoms with Gasteiger partial charge >= 0.3 is 5.97 Å². The van der Waals surface area contributed by atoms with Crippen LogP contribution in [-0.2, 0) is 4.79 Å². The number of halogens is 1. The number of carboxylic acid groups (broad SMARTS) is 1. The van der Waals surface area contributed by atoms with Gasteiger partial charge in [0, 0.05) is 5.02 Å². The minimum atomic E-state index is -1.17. The summed E-state index contributed by atoms with van der Waals surface area (Å²) in [5.74, 6) is -1.14. The van der Waals surface area contributed by atoms with Crippen molar-refractivity contribution in [1.29, 1.82) is 0 Å². The Kier molecular flexibility index (Phi) is 2.72. The lowest BCUT2D eigenvalue weighted by Crippen LogP contribution is -2.22. The SMILES string of the molecule is NC(C(=O)O)c1cnc2ccc(Cl)cc2n1. The quantitative estimate of drug-likeness (QED) is 0.823. The van der Waals surface area contributed by atoms with Crippen LogP contribution in [0.4, 0.5) is 0 Å². The zero-order valence-electron chi connectivity index (χ0n) is 8.09. The lowest BCUT2D eigenvalue weighted by molar-refractivity contribution is -0.138. The van der Waals surface area contributed by atoms with E-state index >= 15 is 0 Å². The van der Waals surface area contributed by atoms with Gasteiger partial charge in [-0.3, -0.25) is 9.78 Å². The third-order valence-electron chi connectivity index (χ3n) is 2.11. The average Bonchev–Trinajstić information content (AvgIpc) is 2.26. The molecule has 0 saturated heterocycles. The zero-order chi connectivity index (χ0) is 11.7. The van der Waals surface area contributed by atoms with Gasteiger partial charge in [0.25, 0.3) is 0 Å². The molecule has 2 aromatic rings. The van der Waals surface area contributed by atoms with Crippen molar-refractivity contribution in [3.63, 3.8) is 0 Å². The van der Waals surface area contributed by atoms with Crippen molar-refractivity contribution >= 4 is 28.6 Å². The molecule has 5 nitrogen and oxygen atoms in total. The number of rotatable bonds is 2. The fourth-order valence-electron chi connectivity index (χ4n) is 1.28. The van der Waals surface area contributed by atoms with Crippen LogP contribution >= 0.6 is 11.6 Å². The van der Waals surface area contributed by atoms with E-state index in [1.54, 1.807) is 18.2 Å². The molecule has 0 radical (unpaired) electrons. The molecule has 0 amide bonds. The molecular formula is C10H8ClN3O2. The Morgan fingerprint density at radius 1 is 1.44 bits per heavy atom. The van der Waals surface area contributed by atoms with Crippen LogP contribution in [0.3, 0.4) is 0 Å². The number of fused-ring (bicyclic) bond motifs is 1. The van der Waals surface area contributed by atoms with Gasteiger partial charge in [-0.1, -0.05) is 11.6 Å². The molecule has 2 rings (SSSR count). The standard InChI is InChI=1S/C10H8ClN3O2/c11-5-1-2-6-7(3-5)14-8(4-13-6)9(12)10(15)16/h1-4,9H,12H2,(H,15,16). The number of nitrogens with two attached hydrogens (primary N) is 1. The maximum atomic E-state index is 10.7. The van der Waals surface area contributed by atoms with Gasteiger partial charge in [-0.2, -0.15) is 0 Å². The summed E-state index contributed by atoms with van der Waals surface area (Å²) in [4.78, 5) is 18.8. The van der Waals surface area contributed by atoms with Crippen LogP contribution in [0, 0.1) is 0 Å². The lowest BCUT2D eigenvalue weighted by Gasteiger charge is -2.06. The molecule has 16 heavy (non-hydrogen) atoms. The molecule has 0 spiro atoms. The van der Waals surface area contributed by atoms with Crippen LogP contribution in [0.25, 0.3) is 11.0 Å². The highest BCUT2D eigenvalue weighted by molar-refractivity contribution is 6.31. The first kappa shape index (κ1) is 10.8. The second kappa shape index (κ2) is 4.03. The van der Waals surface area contributed by atoms with Gasteiger partial charge in [-0.05, 0) is 18.2 Å². The van der Waals surface area contributed by atoms with E-state index < -0.39 is 12.0 Å². The van der Waals surface area contributed by atoms with Crippen LogP contribution in [0.2, 0.25) is 5.02 Å². The maximum absolute atomic E-state index is 10.7. The third kappa shape index (κ3) is 1.95. The van der Waals surface area contributed by atoms with E-state index in [0.717, 1.165) is 0 Å². The second-order valence-corrected chi connectivity index (χ2v) is 3.68. The van der Waals surface area contributed by atoms with Crippen LogP contribution < -0.4 is 5.73 Å².